The summed E-state index contributed by atoms with van der Waals surface area (Å²) in [6.07, 6.45) is 8.30. The lowest BCUT2D eigenvalue weighted by Gasteiger charge is -2.28. The predicted molar refractivity (Wildman–Crippen MR) is 118 cm³/mol. The number of hydrogen-bond donors (Lipinski definition) is 1. The van der Waals surface area contributed by atoms with E-state index >= 15 is 0 Å². The molecule has 0 atom stereocenters. The molecular weight excluding hydrogens is 368 g/mol. The Labute approximate surface area is 171 Å². The number of rotatable bonds is 4. The van der Waals surface area contributed by atoms with Crippen LogP contribution in [0.4, 0.5) is 0 Å². The van der Waals surface area contributed by atoms with Crippen molar-refractivity contribution in [2.45, 2.75) is 40.7 Å². The first-order valence-corrected chi connectivity index (χ1v) is 10.4. The Morgan fingerprint density at radius 3 is 2.75 bits per heavy atom. The molecule has 1 N–H and O–H groups in total. The highest BCUT2D eigenvalue weighted by molar-refractivity contribution is 7.14. The SMILES string of the molecule is C=C/C=C(\C=C/C)c1nc(C)c(C(=O)N2CCc3cc(O)ccc3C2)s1.CC. The minimum atomic E-state index is 0.0170. The van der Waals surface area contributed by atoms with Crippen LogP contribution in [-0.2, 0) is 13.0 Å². The molecule has 1 aromatic heterocycles. The number of phenols is 1. The molecule has 0 spiro atoms. The average molecular weight is 397 g/mol. The molecule has 1 amide bonds. The maximum Gasteiger partial charge on any atom is 0.266 e. The van der Waals surface area contributed by atoms with Gasteiger partial charge in [0.05, 0.1) is 5.69 Å². The molecule has 1 aliphatic rings. The van der Waals surface area contributed by atoms with Gasteiger partial charge in [0.15, 0.2) is 0 Å². The predicted octanol–water partition coefficient (Wildman–Crippen LogP) is 5.53. The zero-order chi connectivity index (χ0) is 20.7. The second-order valence-electron chi connectivity index (χ2n) is 6.22. The average Bonchev–Trinajstić information content (AvgIpc) is 3.10. The molecule has 3 rings (SSSR count). The molecule has 148 valence electrons. The van der Waals surface area contributed by atoms with Crippen LogP contribution in [0.3, 0.4) is 0 Å². The number of phenolic OH excluding ortho intramolecular Hbond substituents is 1. The van der Waals surface area contributed by atoms with Crippen LogP contribution in [0.25, 0.3) is 5.57 Å². The second kappa shape index (κ2) is 10.0. The quantitative estimate of drug-likeness (QED) is 0.692. The van der Waals surface area contributed by atoms with Gasteiger partial charge in [0.25, 0.3) is 5.91 Å². The minimum absolute atomic E-state index is 0.0170. The summed E-state index contributed by atoms with van der Waals surface area (Å²) in [7, 11) is 0. The number of hydrogen-bond acceptors (Lipinski definition) is 4. The molecule has 2 heterocycles. The Hall–Kier alpha value is -2.66. The molecule has 1 aromatic carbocycles. The van der Waals surface area contributed by atoms with Crippen molar-refractivity contribution in [3.05, 3.63) is 75.8 Å². The molecule has 0 fully saturated rings. The fourth-order valence-electron chi connectivity index (χ4n) is 3.08. The second-order valence-corrected chi connectivity index (χ2v) is 7.22. The van der Waals surface area contributed by atoms with E-state index in [1.807, 2.05) is 56.9 Å². The van der Waals surface area contributed by atoms with Crippen LogP contribution in [0.15, 0.2) is 49.1 Å². The molecule has 0 saturated heterocycles. The molecule has 2 aromatic rings. The minimum Gasteiger partial charge on any atom is -0.508 e. The van der Waals surface area contributed by atoms with Crippen molar-refractivity contribution in [1.29, 1.82) is 0 Å². The van der Waals surface area contributed by atoms with Gasteiger partial charge in [-0.25, -0.2) is 4.98 Å². The van der Waals surface area contributed by atoms with Crippen molar-refractivity contribution in [2.75, 3.05) is 6.54 Å². The Morgan fingerprint density at radius 2 is 2.07 bits per heavy atom. The van der Waals surface area contributed by atoms with Crippen LogP contribution in [-0.4, -0.2) is 27.4 Å². The van der Waals surface area contributed by atoms with Gasteiger partial charge in [-0.15, -0.1) is 11.3 Å². The van der Waals surface area contributed by atoms with Gasteiger partial charge in [-0.1, -0.05) is 50.8 Å². The smallest absolute Gasteiger partial charge is 0.266 e. The molecule has 4 nitrogen and oxygen atoms in total. The first-order chi connectivity index (χ1) is 13.5. The largest absolute Gasteiger partial charge is 0.508 e. The summed E-state index contributed by atoms with van der Waals surface area (Å²) < 4.78 is 0. The maximum atomic E-state index is 13.0. The van der Waals surface area contributed by atoms with Crippen molar-refractivity contribution < 1.29 is 9.90 Å². The Kier molecular flexibility index (Phi) is 7.76. The van der Waals surface area contributed by atoms with E-state index in [0.29, 0.717) is 18.0 Å². The zero-order valence-corrected chi connectivity index (χ0v) is 17.8. The van der Waals surface area contributed by atoms with Crippen LogP contribution in [0.2, 0.25) is 0 Å². The first kappa shape index (κ1) is 21.6. The normalized spacial score (nSPS) is 13.7. The van der Waals surface area contributed by atoms with E-state index in [4.69, 9.17) is 0 Å². The number of amides is 1. The van der Waals surface area contributed by atoms with Gasteiger partial charge in [0.2, 0.25) is 0 Å². The number of aromatic nitrogens is 1. The summed E-state index contributed by atoms with van der Waals surface area (Å²) in [5.41, 5.74) is 3.91. The number of carbonyl (C=O) groups excluding carboxylic acids is 1. The monoisotopic (exact) mass is 396 g/mol. The van der Waals surface area contributed by atoms with Gasteiger partial charge in [0.1, 0.15) is 15.6 Å². The standard InChI is InChI=1S/C21H22N2O2S.C2H6/c1-4-6-15(7-5-2)20-22-14(3)19(26-20)21(25)23-11-10-16-12-18(24)9-8-17(16)13-23;1-2/h4-9,12,24H,1,10-11,13H2,2-3H3;1-2H3/b7-5-,15-6+;. The van der Waals surface area contributed by atoms with Crippen LogP contribution in [0.1, 0.15) is 52.3 Å². The molecule has 28 heavy (non-hydrogen) atoms. The third-order valence-electron chi connectivity index (χ3n) is 4.37. The highest BCUT2D eigenvalue weighted by atomic mass is 32.1. The van der Waals surface area contributed by atoms with E-state index in [1.54, 1.807) is 18.2 Å². The lowest BCUT2D eigenvalue weighted by Crippen LogP contribution is -2.35. The zero-order valence-electron chi connectivity index (χ0n) is 17.0. The molecule has 0 saturated carbocycles. The number of allylic oxidation sites excluding steroid dienone is 5. The van der Waals surface area contributed by atoms with Gasteiger partial charge < -0.3 is 10.0 Å². The van der Waals surface area contributed by atoms with Gasteiger partial charge in [-0.3, -0.25) is 4.79 Å². The number of nitrogens with zero attached hydrogens (tertiary/aromatic N) is 2. The van der Waals surface area contributed by atoms with E-state index < -0.39 is 0 Å². The number of fused-ring (bicyclic) bond motifs is 1. The number of benzene rings is 1. The van der Waals surface area contributed by atoms with E-state index in [0.717, 1.165) is 33.8 Å². The number of aryl methyl sites for hydroxylation is 1. The van der Waals surface area contributed by atoms with Crippen molar-refractivity contribution in [3.8, 4) is 5.75 Å². The molecule has 0 bridgehead atoms. The van der Waals surface area contributed by atoms with Crippen molar-refractivity contribution >= 4 is 22.8 Å². The fraction of sp³-hybridized carbons (Fsp3) is 0.304. The number of carbonyl (C=O) groups is 1. The van der Waals surface area contributed by atoms with Gasteiger partial charge in [0, 0.05) is 18.7 Å². The third kappa shape index (κ3) is 4.78. The molecular formula is C23H28N2O2S. The molecule has 5 heteroatoms. The summed E-state index contributed by atoms with van der Waals surface area (Å²) >= 11 is 1.42. The number of aromatic hydroxyl groups is 1. The Bertz CT molecular complexity index is 909. The van der Waals surface area contributed by atoms with E-state index in [9.17, 15) is 9.90 Å². The van der Waals surface area contributed by atoms with Crippen molar-refractivity contribution in [1.82, 2.24) is 9.88 Å². The Balaban J connectivity index is 0.00000136. The maximum absolute atomic E-state index is 13.0. The summed E-state index contributed by atoms with van der Waals surface area (Å²) in [5.74, 6) is 0.292. The van der Waals surface area contributed by atoms with Gasteiger partial charge in [-0.2, -0.15) is 0 Å². The van der Waals surface area contributed by atoms with E-state index in [2.05, 4.69) is 11.6 Å². The van der Waals surface area contributed by atoms with Crippen molar-refractivity contribution in [2.24, 2.45) is 0 Å². The topological polar surface area (TPSA) is 53.4 Å². The van der Waals surface area contributed by atoms with Gasteiger partial charge in [-0.05, 0) is 43.5 Å². The lowest BCUT2D eigenvalue weighted by atomic mass is 9.99. The highest BCUT2D eigenvalue weighted by Gasteiger charge is 2.25. The van der Waals surface area contributed by atoms with Crippen molar-refractivity contribution in [3.63, 3.8) is 0 Å². The summed E-state index contributed by atoms with van der Waals surface area (Å²) in [5, 5.41) is 10.4. The van der Waals surface area contributed by atoms with Crippen LogP contribution in [0.5, 0.6) is 5.75 Å². The molecule has 1 aliphatic heterocycles. The summed E-state index contributed by atoms with van der Waals surface area (Å²) in [6.45, 7) is 12.8. The van der Waals surface area contributed by atoms with Crippen LogP contribution >= 0.6 is 11.3 Å². The summed E-state index contributed by atoms with van der Waals surface area (Å²) in [4.78, 5) is 20.2. The first-order valence-electron chi connectivity index (χ1n) is 9.56. The third-order valence-corrected chi connectivity index (χ3v) is 5.57. The number of thiazole rings is 1. The van der Waals surface area contributed by atoms with E-state index in [1.165, 1.54) is 11.3 Å². The highest BCUT2D eigenvalue weighted by Crippen LogP contribution is 2.29. The van der Waals surface area contributed by atoms with E-state index in [-0.39, 0.29) is 11.7 Å². The Morgan fingerprint density at radius 1 is 1.32 bits per heavy atom. The van der Waals surface area contributed by atoms with Gasteiger partial charge >= 0.3 is 0 Å². The summed E-state index contributed by atoms with van der Waals surface area (Å²) in [6, 6.07) is 5.36. The molecule has 0 unspecified atom stereocenters. The molecule has 0 aliphatic carbocycles. The van der Waals surface area contributed by atoms with Crippen LogP contribution < -0.4 is 0 Å². The van der Waals surface area contributed by atoms with Crippen LogP contribution in [0, 0.1) is 6.92 Å². The lowest BCUT2D eigenvalue weighted by molar-refractivity contribution is 0.0738. The molecule has 0 radical (unpaired) electrons. The fourth-order valence-corrected chi connectivity index (χ4v) is 4.12.